The topological polar surface area (TPSA) is 72.5 Å². The standard InChI is InChI=1S/C18H13ClF3NO4/c1-10(27-17(26)12-4-2-11(9-24)3-5-12)16(25)23-15-8-13(18(20,21)22)6-7-14(15)19/h2-10H,1H3,(H,23,25)/t10-/m1/s1. The molecule has 0 spiro atoms. The normalized spacial score (nSPS) is 12.2. The van der Waals surface area contributed by atoms with Gasteiger partial charge in [0.05, 0.1) is 21.8 Å². The van der Waals surface area contributed by atoms with E-state index in [-0.39, 0.29) is 16.3 Å². The van der Waals surface area contributed by atoms with E-state index in [0.29, 0.717) is 17.9 Å². The van der Waals surface area contributed by atoms with Crippen LogP contribution in [0.15, 0.2) is 42.5 Å². The van der Waals surface area contributed by atoms with Crippen molar-refractivity contribution in [3.05, 3.63) is 64.2 Å². The molecule has 0 saturated heterocycles. The zero-order valence-corrected chi connectivity index (χ0v) is 14.6. The third-order valence-corrected chi connectivity index (χ3v) is 3.82. The molecular formula is C18H13ClF3NO4. The number of hydrogen-bond donors (Lipinski definition) is 1. The fraction of sp³-hybridized carbons (Fsp3) is 0.167. The third-order valence-electron chi connectivity index (χ3n) is 3.49. The summed E-state index contributed by atoms with van der Waals surface area (Å²) in [5.74, 6) is -1.68. The van der Waals surface area contributed by atoms with E-state index in [9.17, 15) is 27.6 Å². The zero-order valence-electron chi connectivity index (χ0n) is 13.8. The minimum absolute atomic E-state index is 0.0978. The van der Waals surface area contributed by atoms with Crippen molar-refractivity contribution < 1.29 is 32.3 Å². The van der Waals surface area contributed by atoms with Crippen molar-refractivity contribution in [2.45, 2.75) is 19.2 Å². The second-order valence-corrected chi connectivity index (χ2v) is 5.88. The Balaban J connectivity index is 2.07. The SMILES string of the molecule is C[C@@H](OC(=O)c1ccc(C=O)cc1)C(=O)Nc1cc(C(F)(F)F)ccc1Cl. The summed E-state index contributed by atoms with van der Waals surface area (Å²) in [6.45, 7) is 1.26. The van der Waals surface area contributed by atoms with Crippen LogP contribution in [0.2, 0.25) is 5.02 Å². The molecule has 9 heteroatoms. The quantitative estimate of drug-likeness (QED) is 0.599. The fourth-order valence-electron chi connectivity index (χ4n) is 2.01. The number of amides is 1. The van der Waals surface area contributed by atoms with Gasteiger partial charge in [0.2, 0.25) is 0 Å². The predicted octanol–water partition coefficient (Wildman–Crippen LogP) is 4.36. The van der Waals surface area contributed by atoms with E-state index in [1.165, 1.54) is 31.2 Å². The van der Waals surface area contributed by atoms with E-state index >= 15 is 0 Å². The zero-order chi connectivity index (χ0) is 20.2. The number of carbonyl (C=O) groups is 3. The number of nitrogens with one attached hydrogen (secondary N) is 1. The molecule has 0 fully saturated rings. The molecule has 2 aromatic carbocycles. The molecule has 0 saturated carbocycles. The summed E-state index contributed by atoms with van der Waals surface area (Å²) in [7, 11) is 0. The Bertz CT molecular complexity index is 866. The Kier molecular flexibility index (Phi) is 6.22. The highest BCUT2D eigenvalue weighted by Crippen LogP contribution is 2.33. The summed E-state index contributed by atoms with van der Waals surface area (Å²) in [5.41, 5.74) is -0.772. The van der Waals surface area contributed by atoms with Gasteiger partial charge in [0, 0.05) is 5.56 Å². The highest BCUT2D eigenvalue weighted by molar-refractivity contribution is 6.33. The Morgan fingerprint density at radius 1 is 1.15 bits per heavy atom. The molecule has 2 rings (SSSR count). The second kappa shape index (κ2) is 8.22. The minimum Gasteiger partial charge on any atom is -0.449 e. The van der Waals surface area contributed by atoms with Crippen LogP contribution >= 0.6 is 11.6 Å². The lowest BCUT2D eigenvalue weighted by atomic mass is 10.1. The summed E-state index contributed by atoms with van der Waals surface area (Å²) < 4.78 is 43.3. The number of aldehydes is 1. The summed E-state index contributed by atoms with van der Waals surface area (Å²) in [6.07, 6.45) is -5.30. The van der Waals surface area contributed by atoms with E-state index in [1.54, 1.807) is 0 Å². The molecule has 1 N–H and O–H groups in total. The van der Waals surface area contributed by atoms with Crippen molar-refractivity contribution in [1.29, 1.82) is 0 Å². The molecule has 0 aromatic heterocycles. The third kappa shape index (κ3) is 5.30. The summed E-state index contributed by atoms with van der Waals surface area (Å²) in [6, 6.07) is 7.97. The van der Waals surface area contributed by atoms with Crippen LogP contribution in [0.5, 0.6) is 0 Å². The number of benzene rings is 2. The molecule has 142 valence electrons. The molecule has 0 aliphatic heterocycles. The highest BCUT2D eigenvalue weighted by Gasteiger charge is 2.31. The molecule has 0 aliphatic rings. The first kappa shape index (κ1) is 20.4. The van der Waals surface area contributed by atoms with E-state index in [4.69, 9.17) is 16.3 Å². The first-order valence-corrected chi connectivity index (χ1v) is 7.93. The van der Waals surface area contributed by atoms with Gasteiger partial charge in [-0.1, -0.05) is 23.7 Å². The van der Waals surface area contributed by atoms with Crippen molar-refractivity contribution in [2.24, 2.45) is 0 Å². The number of ether oxygens (including phenoxy) is 1. The maximum Gasteiger partial charge on any atom is 0.416 e. The predicted molar refractivity (Wildman–Crippen MR) is 91.8 cm³/mol. The van der Waals surface area contributed by atoms with Gasteiger partial charge in [-0.15, -0.1) is 0 Å². The summed E-state index contributed by atoms with van der Waals surface area (Å²) in [4.78, 5) is 34.7. The second-order valence-electron chi connectivity index (χ2n) is 5.47. The summed E-state index contributed by atoms with van der Waals surface area (Å²) in [5, 5.41) is 2.11. The van der Waals surface area contributed by atoms with Crippen LogP contribution in [0.25, 0.3) is 0 Å². The van der Waals surface area contributed by atoms with E-state index in [2.05, 4.69) is 5.32 Å². The molecule has 1 atom stereocenters. The molecule has 0 radical (unpaired) electrons. The van der Waals surface area contributed by atoms with Crippen molar-refractivity contribution in [3.8, 4) is 0 Å². The average Bonchev–Trinajstić information content (AvgIpc) is 2.62. The van der Waals surface area contributed by atoms with E-state index < -0.39 is 29.7 Å². The number of esters is 1. The number of halogens is 4. The number of rotatable bonds is 5. The van der Waals surface area contributed by atoms with Gasteiger partial charge < -0.3 is 10.1 Å². The Hall–Kier alpha value is -2.87. The molecule has 27 heavy (non-hydrogen) atoms. The van der Waals surface area contributed by atoms with Crippen LogP contribution < -0.4 is 5.32 Å². The van der Waals surface area contributed by atoms with Crippen LogP contribution in [-0.2, 0) is 15.7 Å². The first-order valence-electron chi connectivity index (χ1n) is 7.55. The Morgan fingerprint density at radius 3 is 2.33 bits per heavy atom. The lowest BCUT2D eigenvalue weighted by molar-refractivity contribution is -0.137. The van der Waals surface area contributed by atoms with Crippen molar-refractivity contribution in [2.75, 3.05) is 5.32 Å². The van der Waals surface area contributed by atoms with Crippen LogP contribution in [0.4, 0.5) is 18.9 Å². The van der Waals surface area contributed by atoms with Crippen LogP contribution in [0.3, 0.4) is 0 Å². The van der Waals surface area contributed by atoms with Gasteiger partial charge in [0.1, 0.15) is 6.29 Å². The van der Waals surface area contributed by atoms with Crippen LogP contribution in [-0.4, -0.2) is 24.3 Å². The van der Waals surface area contributed by atoms with Crippen molar-refractivity contribution in [3.63, 3.8) is 0 Å². The first-order chi connectivity index (χ1) is 12.6. The Morgan fingerprint density at radius 2 is 1.78 bits per heavy atom. The largest absolute Gasteiger partial charge is 0.449 e. The molecule has 0 heterocycles. The van der Waals surface area contributed by atoms with Gasteiger partial charge in [-0.3, -0.25) is 9.59 Å². The number of anilines is 1. The number of alkyl halides is 3. The van der Waals surface area contributed by atoms with Gasteiger partial charge in [-0.25, -0.2) is 4.79 Å². The van der Waals surface area contributed by atoms with Crippen LogP contribution in [0, 0.1) is 0 Å². The van der Waals surface area contributed by atoms with Gasteiger partial charge in [-0.05, 0) is 37.3 Å². The maximum absolute atomic E-state index is 12.8. The molecule has 1 amide bonds. The molecule has 0 unspecified atom stereocenters. The smallest absolute Gasteiger partial charge is 0.416 e. The molecule has 0 aliphatic carbocycles. The molecule has 5 nitrogen and oxygen atoms in total. The molecule has 0 bridgehead atoms. The van der Waals surface area contributed by atoms with Crippen LogP contribution in [0.1, 0.15) is 33.2 Å². The minimum atomic E-state index is -4.60. The van der Waals surface area contributed by atoms with E-state index in [1.807, 2.05) is 0 Å². The van der Waals surface area contributed by atoms with Gasteiger partial charge in [-0.2, -0.15) is 13.2 Å². The number of carbonyl (C=O) groups excluding carboxylic acids is 3. The lowest BCUT2D eigenvalue weighted by Gasteiger charge is -2.15. The maximum atomic E-state index is 12.8. The molecule has 2 aromatic rings. The lowest BCUT2D eigenvalue weighted by Crippen LogP contribution is -2.30. The van der Waals surface area contributed by atoms with Crippen molar-refractivity contribution >= 4 is 35.5 Å². The highest BCUT2D eigenvalue weighted by atomic mass is 35.5. The van der Waals surface area contributed by atoms with Gasteiger partial charge >= 0.3 is 12.1 Å². The van der Waals surface area contributed by atoms with E-state index in [0.717, 1.165) is 12.1 Å². The summed E-state index contributed by atoms with van der Waals surface area (Å²) >= 11 is 5.81. The van der Waals surface area contributed by atoms with Gasteiger partial charge in [0.15, 0.2) is 6.10 Å². The monoisotopic (exact) mass is 399 g/mol. The van der Waals surface area contributed by atoms with Crippen molar-refractivity contribution in [1.82, 2.24) is 0 Å². The average molecular weight is 400 g/mol. The number of hydrogen-bond acceptors (Lipinski definition) is 4. The fourth-order valence-corrected chi connectivity index (χ4v) is 2.18. The molecular weight excluding hydrogens is 387 g/mol. The van der Waals surface area contributed by atoms with Gasteiger partial charge in [0.25, 0.3) is 5.91 Å². The Labute approximate surface area is 157 Å².